The van der Waals surface area contributed by atoms with Gasteiger partial charge in [-0.2, -0.15) is 13.2 Å². The van der Waals surface area contributed by atoms with Gasteiger partial charge < -0.3 is 14.0 Å². The van der Waals surface area contributed by atoms with Gasteiger partial charge in [0.1, 0.15) is 12.2 Å². The predicted octanol–water partition coefficient (Wildman–Crippen LogP) is 5.26. The van der Waals surface area contributed by atoms with Gasteiger partial charge in [-0.1, -0.05) is 12.1 Å². The molecule has 0 aliphatic heterocycles. The summed E-state index contributed by atoms with van der Waals surface area (Å²) in [5.74, 6) is 1.36. The predicted molar refractivity (Wildman–Crippen MR) is 126 cm³/mol. The third-order valence-corrected chi connectivity index (χ3v) is 6.39. The lowest BCUT2D eigenvalue weighted by Crippen LogP contribution is -2.11. The molecule has 1 aromatic carbocycles. The minimum Gasteiger partial charge on any atom is -0.480 e. The number of aromatic nitrogens is 6. The van der Waals surface area contributed by atoms with E-state index in [1.807, 2.05) is 25.3 Å². The van der Waals surface area contributed by atoms with E-state index in [0.717, 1.165) is 41.4 Å². The first kappa shape index (κ1) is 23.8. The third-order valence-electron chi connectivity index (χ3n) is 6.39. The fraction of sp³-hybridized carbons (Fsp3) is 0.360. The van der Waals surface area contributed by atoms with E-state index < -0.39 is 11.9 Å². The molecule has 0 spiro atoms. The standard InChI is InChI=1S/C25H25F3N6O2/c1-14(34-10-9-20(32-34)35-3)17-8-7-16(23-31-19(12-33(23)2)25(26,27)28)11-18(17)21-22(15-5-6-15)29-13-30-24(21)36-4/h7-15H,5-6H2,1-4H3. The average Bonchev–Trinajstić information content (AvgIpc) is 3.46. The van der Waals surface area contributed by atoms with Crippen LogP contribution in [0, 0.1) is 0 Å². The zero-order valence-electron chi connectivity index (χ0n) is 20.2. The summed E-state index contributed by atoms with van der Waals surface area (Å²) < 4.78 is 54.1. The van der Waals surface area contributed by atoms with Crippen molar-refractivity contribution in [1.82, 2.24) is 29.3 Å². The van der Waals surface area contributed by atoms with E-state index >= 15 is 0 Å². The van der Waals surface area contributed by atoms with Crippen molar-refractivity contribution >= 4 is 0 Å². The highest BCUT2D eigenvalue weighted by molar-refractivity contribution is 5.79. The van der Waals surface area contributed by atoms with Crippen molar-refractivity contribution in [3.8, 4) is 34.3 Å². The lowest BCUT2D eigenvalue weighted by atomic mass is 9.91. The Kier molecular flexibility index (Phi) is 5.93. The normalized spacial score (nSPS) is 14.6. The van der Waals surface area contributed by atoms with Crippen LogP contribution in [0.3, 0.4) is 0 Å². The molecular weight excluding hydrogens is 473 g/mol. The van der Waals surface area contributed by atoms with Gasteiger partial charge in [-0.3, -0.25) is 4.68 Å². The van der Waals surface area contributed by atoms with Crippen LogP contribution in [0.2, 0.25) is 0 Å². The molecule has 188 valence electrons. The van der Waals surface area contributed by atoms with Crippen LogP contribution in [0.15, 0.2) is 43.0 Å². The largest absolute Gasteiger partial charge is 0.480 e. The average molecular weight is 499 g/mol. The molecule has 1 aliphatic carbocycles. The van der Waals surface area contributed by atoms with Crippen molar-refractivity contribution in [1.29, 1.82) is 0 Å². The van der Waals surface area contributed by atoms with Gasteiger partial charge in [-0.25, -0.2) is 15.0 Å². The van der Waals surface area contributed by atoms with Crippen molar-refractivity contribution in [2.75, 3.05) is 14.2 Å². The molecule has 3 aromatic heterocycles. The Labute approximate surface area is 205 Å². The van der Waals surface area contributed by atoms with Crippen LogP contribution in [0.5, 0.6) is 11.8 Å². The van der Waals surface area contributed by atoms with Crippen LogP contribution in [-0.2, 0) is 13.2 Å². The van der Waals surface area contributed by atoms with E-state index in [2.05, 4.69) is 20.1 Å². The monoisotopic (exact) mass is 498 g/mol. The zero-order chi connectivity index (χ0) is 25.6. The number of halogens is 3. The number of imidazole rings is 1. The summed E-state index contributed by atoms with van der Waals surface area (Å²) in [4.78, 5) is 12.8. The Morgan fingerprint density at radius 2 is 1.86 bits per heavy atom. The Balaban J connectivity index is 1.72. The molecule has 1 unspecified atom stereocenters. The number of hydrogen-bond acceptors (Lipinski definition) is 6. The van der Waals surface area contributed by atoms with E-state index in [4.69, 9.17) is 9.47 Å². The van der Waals surface area contributed by atoms with E-state index in [0.29, 0.717) is 17.3 Å². The molecule has 36 heavy (non-hydrogen) atoms. The maximum Gasteiger partial charge on any atom is 0.434 e. The van der Waals surface area contributed by atoms with Crippen molar-refractivity contribution < 1.29 is 22.6 Å². The molecule has 1 saturated carbocycles. The Morgan fingerprint density at radius 1 is 1.08 bits per heavy atom. The van der Waals surface area contributed by atoms with E-state index in [-0.39, 0.29) is 17.8 Å². The molecule has 0 radical (unpaired) electrons. The molecule has 0 bridgehead atoms. The molecule has 0 saturated heterocycles. The number of ether oxygens (including phenoxy) is 2. The van der Waals surface area contributed by atoms with Crippen molar-refractivity contribution in [3.63, 3.8) is 0 Å². The van der Waals surface area contributed by atoms with Crippen LogP contribution in [0.1, 0.15) is 48.7 Å². The summed E-state index contributed by atoms with van der Waals surface area (Å²) in [6, 6.07) is 7.02. The molecule has 5 rings (SSSR count). The zero-order valence-corrected chi connectivity index (χ0v) is 20.2. The Bertz CT molecular complexity index is 1410. The molecule has 1 fully saturated rings. The molecule has 0 amide bonds. The number of aryl methyl sites for hydroxylation is 1. The number of nitrogens with zero attached hydrogens (tertiary/aromatic N) is 6. The molecule has 8 nitrogen and oxygen atoms in total. The molecule has 4 aromatic rings. The lowest BCUT2D eigenvalue weighted by molar-refractivity contribution is -0.140. The molecule has 1 atom stereocenters. The van der Waals surface area contributed by atoms with E-state index in [1.54, 1.807) is 38.1 Å². The van der Waals surface area contributed by atoms with E-state index in [1.165, 1.54) is 10.9 Å². The molecular formula is C25H25F3N6O2. The number of methoxy groups -OCH3 is 2. The van der Waals surface area contributed by atoms with Gasteiger partial charge in [0.2, 0.25) is 11.8 Å². The van der Waals surface area contributed by atoms with Crippen LogP contribution in [0.25, 0.3) is 22.5 Å². The number of benzene rings is 1. The van der Waals surface area contributed by atoms with Gasteiger partial charge in [0.15, 0.2) is 5.69 Å². The van der Waals surface area contributed by atoms with Gasteiger partial charge in [-0.05, 0) is 37.0 Å². The molecule has 0 N–H and O–H groups in total. The highest BCUT2D eigenvalue weighted by Crippen LogP contribution is 2.47. The molecule has 1 aliphatic rings. The topological polar surface area (TPSA) is 79.9 Å². The van der Waals surface area contributed by atoms with Crippen molar-refractivity contribution in [3.05, 3.63) is 59.9 Å². The first-order valence-corrected chi connectivity index (χ1v) is 11.4. The van der Waals surface area contributed by atoms with Gasteiger partial charge in [0.25, 0.3) is 0 Å². The summed E-state index contributed by atoms with van der Waals surface area (Å²) in [5.41, 5.74) is 2.82. The summed E-state index contributed by atoms with van der Waals surface area (Å²) in [6.07, 6.45) is 1.75. The minimum absolute atomic E-state index is 0.201. The van der Waals surface area contributed by atoms with Crippen molar-refractivity contribution in [2.24, 2.45) is 7.05 Å². The minimum atomic E-state index is -4.54. The number of rotatable bonds is 7. The van der Waals surface area contributed by atoms with Crippen LogP contribution in [-0.4, -0.2) is 43.5 Å². The highest BCUT2D eigenvalue weighted by atomic mass is 19.4. The maximum absolute atomic E-state index is 13.3. The van der Waals surface area contributed by atoms with Gasteiger partial charge in [0, 0.05) is 37.0 Å². The first-order valence-electron chi connectivity index (χ1n) is 11.4. The summed E-state index contributed by atoms with van der Waals surface area (Å²) in [6.45, 7) is 1.99. The third kappa shape index (κ3) is 4.29. The Morgan fingerprint density at radius 3 is 2.47 bits per heavy atom. The smallest absolute Gasteiger partial charge is 0.434 e. The summed E-state index contributed by atoms with van der Waals surface area (Å²) >= 11 is 0. The fourth-order valence-electron chi connectivity index (χ4n) is 4.39. The molecule has 3 heterocycles. The van der Waals surface area contributed by atoms with Crippen molar-refractivity contribution in [2.45, 2.75) is 37.9 Å². The van der Waals surface area contributed by atoms with Crippen LogP contribution in [0.4, 0.5) is 13.2 Å². The Hall–Kier alpha value is -3.89. The second-order valence-corrected chi connectivity index (χ2v) is 8.79. The quantitative estimate of drug-likeness (QED) is 0.346. The van der Waals surface area contributed by atoms with E-state index in [9.17, 15) is 13.2 Å². The van der Waals surface area contributed by atoms with Crippen LogP contribution < -0.4 is 9.47 Å². The van der Waals surface area contributed by atoms with Crippen LogP contribution >= 0.6 is 0 Å². The second kappa shape index (κ2) is 8.96. The summed E-state index contributed by atoms with van der Waals surface area (Å²) in [5, 5.41) is 4.47. The molecule has 11 heteroatoms. The van der Waals surface area contributed by atoms with Gasteiger partial charge >= 0.3 is 6.18 Å². The summed E-state index contributed by atoms with van der Waals surface area (Å²) in [7, 11) is 4.64. The number of hydrogen-bond donors (Lipinski definition) is 0. The first-order chi connectivity index (χ1) is 17.2. The van der Waals surface area contributed by atoms with Gasteiger partial charge in [0.05, 0.1) is 31.5 Å². The lowest BCUT2D eigenvalue weighted by Gasteiger charge is -2.21. The highest BCUT2D eigenvalue weighted by Gasteiger charge is 2.35. The number of alkyl halides is 3. The SMILES string of the molecule is COc1ccn(C(C)c2ccc(-c3nc(C(F)(F)F)cn3C)cc2-c2c(OC)ncnc2C2CC2)n1. The second-order valence-electron chi connectivity index (χ2n) is 8.79. The maximum atomic E-state index is 13.3. The van der Waals surface area contributed by atoms with Gasteiger partial charge in [-0.15, -0.1) is 5.10 Å². The fourth-order valence-corrected chi connectivity index (χ4v) is 4.39.